The van der Waals surface area contributed by atoms with Crippen molar-refractivity contribution in [3.8, 4) is 0 Å². The van der Waals surface area contributed by atoms with Crippen molar-refractivity contribution < 1.29 is 14.3 Å². The number of benzene rings is 2. The molecule has 4 nitrogen and oxygen atoms in total. The van der Waals surface area contributed by atoms with E-state index < -0.39 is 5.92 Å². The van der Waals surface area contributed by atoms with Crippen LogP contribution in [0, 0.1) is 5.92 Å². The molecule has 4 rings (SSSR count). The minimum absolute atomic E-state index is 0.0866. The second-order valence-corrected chi connectivity index (χ2v) is 8.09. The number of ether oxygens (including phenoxy) is 1. The standard InChI is InChI=1S/C26H27NO3/c1-3-14-30-26(29)23-17(2)27-21-15-20(18-10-6-4-7-11-18)16-22(28)25(21)24(23)19-12-8-5-9-13-19/h4-13,20,23-24H,3,14-16H2,1-2H3. The smallest absolute Gasteiger partial charge is 0.315 e. The molecule has 3 atom stereocenters. The van der Waals surface area contributed by atoms with E-state index in [2.05, 4.69) is 12.1 Å². The quantitative estimate of drug-likeness (QED) is 0.646. The molecule has 154 valence electrons. The van der Waals surface area contributed by atoms with Crippen LogP contribution < -0.4 is 0 Å². The summed E-state index contributed by atoms with van der Waals surface area (Å²) >= 11 is 0. The Kier molecular flexibility index (Phi) is 5.93. The minimum Gasteiger partial charge on any atom is -0.465 e. The molecule has 2 aliphatic rings. The number of allylic oxidation sites excluding steroid dienone is 2. The monoisotopic (exact) mass is 401 g/mol. The maximum absolute atomic E-state index is 13.4. The normalized spacial score (nSPS) is 23.6. The van der Waals surface area contributed by atoms with Gasteiger partial charge < -0.3 is 4.74 Å². The zero-order chi connectivity index (χ0) is 21.1. The summed E-state index contributed by atoms with van der Waals surface area (Å²) in [6.07, 6.45) is 1.91. The van der Waals surface area contributed by atoms with E-state index in [0.717, 1.165) is 29.0 Å². The van der Waals surface area contributed by atoms with Crippen molar-refractivity contribution in [2.45, 2.75) is 44.9 Å². The first-order chi connectivity index (χ1) is 14.6. The van der Waals surface area contributed by atoms with Gasteiger partial charge in [-0.15, -0.1) is 0 Å². The highest BCUT2D eigenvalue weighted by molar-refractivity contribution is 6.09. The molecule has 0 bridgehead atoms. The van der Waals surface area contributed by atoms with Gasteiger partial charge in [-0.1, -0.05) is 67.6 Å². The number of Topliss-reactive ketones (excluding diaryl/α,β-unsaturated/α-hetero) is 1. The third-order valence-electron chi connectivity index (χ3n) is 6.02. The fraction of sp³-hybridized carbons (Fsp3) is 0.346. The summed E-state index contributed by atoms with van der Waals surface area (Å²) in [5.74, 6) is -0.990. The van der Waals surface area contributed by atoms with Gasteiger partial charge >= 0.3 is 5.97 Å². The van der Waals surface area contributed by atoms with Gasteiger partial charge in [0.05, 0.1) is 6.61 Å². The van der Waals surface area contributed by atoms with Crippen molar-refractivity contribution >= 4 is 17.5 Å². The molecule has 1 aliphatic heterocycles. The van der Waals surface area contributed by atoms with Crippen molar-refractivity contribution in [2.24, 2.45) is 10.9 Å². The Morgan fingerprint density at radius 1 is 1.00 bits per heavy atom. The number of carbonyl (C=O) groups is 2. The largest absolute Gasteiger partial charge is 0.465 e. The Morgan fingerprint density at radius 3 is 2.27 bits per heavy atom. The fourth-order valence-corrected chi connectivity index (χ4v) is 4.64. The number of aliphatic imine (C=N–C) groups is 1. The van der Waals surface area contributed by atoms with Crippen LogP contribution in [0.15, 0.2) is 76.9 Å². The summed E-state index contributed by atoms with van der Waals surface area (Å²) in [7, 11) is 0. The van der Waals surface area contributed by atoms with Crippen LogP contribution in [0.2, 0.25) is 0 Å². The molecule has 4 heteroatoms. The molecule has 0 fully saturated rings. The van der Waals surface area contributed by atoms with Gasteiger partial charge in [0, 0.05) is 29.3 Å². The highest BCUT2D eigenvalue weighted by atomic mass is 16.5. The third-order valence-corrected chi connectivity index (χ3v) is 6.02. The molecular formula is C26H27NO3. The molecule has 0 amide bonds. The number of hydrogen-bond donors (Lipinski definition) is 0. The van der Waals surface area contributed by atoms with Crippen LogP contribution >= 0.6 is 0 Å². The lowest BCUT2D eigenvalue weighted by atomic mass is 9.69. The number of rotatable bonds is 5. The lowest BCUT2D eigenvalue weighted by molar-refractivity contribution is -0.146. The van der Waals surface area contributed by atoms with E-state index in [4.69, 9.17) is 9.73 Å². The predicted molar refractivity (Wildman–Crippen MR) is 117 cm³/mol. The molecular weight excluding hydrogens is 374 g/mol. The first-order valence-corrected chi connectivity index (χ1v) is 10.7. The predicted octanol–water partition coefficient (Wildman–Crippen LogP) is 5.21. The van der Waals surface area contributed by atoms with Crippen molar-refractivity contribution in [3.63, 3.8) is 0 Å². The van der Waals surface area contributed by atoms with Crippen molar-refractivity contribution in [2.75, 3.05) is 6.61 Å². The summed E-state index contributed by atoms with van der Waals surface area (Å²) in [4.78, 5) is 31.2. The third kappa shape index (κ3) is 3.87. The van der Waals surface area contributed by atoms with Gasteiger partial charge in [-0.3, -0.25) is 14.6 Å². The number of esters is 1. The Labute approximate surface area is 177 Å². The number of nitrogens with zero attached hydrogens (tertiary/aromatic N) is 1. The molecule has 30 heavy (non-hydrogen) atoms. The maximum atomic E-state index is 13.4. The van der Waals surface area contributed by atoms with E-state index >= 15 is 0 Å². The molecule has 1 heterocycles. The second-order valence-electron chi connectivity index (χ2n) is 8.09. The average Bonchev–Trinajstić information content (AvgIpc) is 2.77. The lowest BCUT2D eigenvalue weighted by Gasteiger charge is -2.36. The van der Waals surface area contributed by atoms with Crippen LogP contribution in [-0.4, -0.2) is 24.1 Å². The molecule has 0 spiro atoms. The summed E-state index contributed by atoms with van der Waals surface area (Å²) in [5, 5.41) is 0. The van der Waals surface area contributed by atoms with E-state index in [1.807, 2.05) is 62.4 Å². The molecule has 3 unspecified atom stereocenters. The summed E-state index contributed by atoms with van der Waals surface area (Å²) < 4.78 is 5.50. The van der Waals surface area contributed by atoms with Gasteiger partial charge in [0.25, 0.3) is 0 Å². The lowest BCUT2D eigenvalue weighted by Crippen LogP contribution is -2.38. The summed E-state index contributed by atoms with van der Waals surface area (Å²) in [6, 6.07) is 20.0. The summed E-state index contributed by atoms with van der Waals surface area (Å²) in [5.41, 5.74) is 4.36. The topological polar surface area (TPSA) is 55.7 Å². The second kappa shape index (κ2) is 8.78. The van der Waals surface area contributed by atoms with Gasteiger partial charge in [-0.2, -0.15) is 0 Å². The van der Waals surface area contributed by atoms with Crippen molar-refractivity contribution in [3.05, 3.63) is 83.1 Å². The van der Waals surface area contributed by atoms with Crippen LogP contribution in [0.25, 0.3) is 0 Å². The zero-order valence-corrected chi connectivity index (χ0v) is 17.5. The number of ketones is 1. The van der Waals surface area contributed by atoms with E-state index in [9.17, 15) is 9.59 Å². The number of carbonyl (C=O) groups excluding carboxylic acids is 2. The molecule has 0 saturated heterocycles. The van der Waals surface area contributed by atoms with E-state index in [-0.39, 0.29) is 23.6 Å². The van der Waals surface area contributed by atoms with E-state index in [0.29, 0.717) is 25.0 Å². The Morgan fingerprint density at radius 2 is 1.63 bits per heavy atom. The van der Waals surface area contributed by atoms with Crippen LogP contribution in [-0.2, 0) is 14.3 Å². The van der Waals surface area contributed by atoms with Crippen LogP contribution in [0.1, 0.15) is 56.1 Å². The first kappa shape index (κ1) is 20.3. The highest BCUT2D eigenvalue weighted by Gasteiger charge is 2.44. The molecule has 2 aromatic rings. The van der Waals surface area contributed by atoms with Gasteiger partial charge in [-0.05, 0) is 36.8 Å². The average molecular weight is 402 g/mol. The van der Waals surface area contributed by atoms with Gasteiger partial charge in [0.15, 0.2) is 5.78 Å². The van der Waals surface area contributed by atoms with Crippen molar-refractivity contribution in [1.82, 2.24) is 0 Å². The van der Waals surface area contributed by atoms with E-state index in [1.165, 1.54) is 0 Å². The molecule has 0 radical (unpaired) electrons. The molecule has 2 aromatic carbocycles. The van der Waals surface area contributed by atoms with E-state index in [1.54, 1.807) is 0 Å². The first-order valence-electron chi connectivity index (χ1n) is 10.7. The minimum atomic E-state index is -0.560. The van der Waals surface area contributed by atoms with Gasteiger partial charge in [-0.25, -0.2) is 0 Å². The van der Waals surface area contributed by atoms with Gasteiger partial charge in [0.2, 0.25) is 0 Å². The molecule has 0 N–H and O–H groups in total. The van der Waals surface area contributed by atoms with Crippen LogP contribution in [0.4, 0.5) is 0 Å². The molecule has 1 aliphatic carbocycles. The van der Waals surface area contributed by atoms with Crippen LogP contribution in [0.3, 0.4) is 0 Å². The highest BCUT2D eigenvalue weighted by Crippen LogP contribution is 2.46. The van der Waals surface area contributed by atoms with Crippen LogP contribution in [0.5, 0.6) is 0 Å². The van der Waals surface area contributed by atoms with Crippen molar-refractivity contribution in [1.29, 1.82) is 0 Å². The fourth-order valence-electron chi connectivity index (χ4n) is 4.64. The summed E-state index contributed by atoms with van der Waals surface area (Å²) in [6.45, 7) is 4.23. The number of hydrogen-bond acceptors (Lipinski definition) is 4. The molecule has 0 saturated carbocycles. The SMILES string of the molecule is CCCOC(=O)C1C(C)=NC2=C(C(=O)CC(c3ccccc3)C2)C1c1ccccc1. The Hall–Kier alpha value is -3.01. The molecule has 0 aromatic heterocycles. The Bertz CT molecular complexity index is 991. The zero-order valence-electron chi connectivity index (χ0n) is 17.5. The van der Waals surface area contributed by atoms with Gasteiger partial charge in [0.1, 0.15) is 5.92 Å². The Balaban J connectivity index is 1.76. The maximum Gasteiger partial charge on any atom is 0.315 e.